The first-order valence-corrected chi connectivity index (χ1v) is 9.56. The van der Waals surface area contributed by atoms with Gasteiger partial charge in [0, 0.05) is 44.6 Å². The van der Waals surface area contributed by atoms with Crippen LogP contribution in [-0.2, 0) is 17.7 Å². The second kappa shape index (κ2) is 10.8. The van der Waals surface area contributed by atoms with E-state index in [0.717, 1.165) is 50.9 Å². The van der Waals surface area contributed by atoms with Crippen molar-refractivity contribution < 1.29 is 4.74 Å². The van der Waals surface area contributed by atoms with Crippen molar-refractivity contribution in [1.82, 2.24) is 25.4 Å². The lowest BCUT2D eigenvalue weighted by Gasteiger charge is -2.18. The van der Waals surface area contributed by atoms with E-state index in [1.165, 1.54) is 4.88 Å². The number of aliphatic imine (C=N–C) groups is 1. The van der Waals surface area contributed by atoms with Crippen LogP contribution in [0.2, 0.25) is 0 Å². The second-order valence-electron chi connectivity index (χ2n) is 5.68. The molecule has 2 N–H and O–H groups in total. The van der Waals surface area contributed by atoms with Crippen LogP contribution >= 0.6 is 11.3 Å². The summed E-state index contributed by atoms with van der Waals surface area (Å²) in [4.78, 5) is 5.94. The Balaban J connectivity index is 1.89. The van der Waals surface area contributed by atoms with Gasteiger partial charge in [-0.25, -0.2) is 0 Å². The Kier molecular flexibility index (Phi) is 8.41. The predicted octanol–water partition coefficient (Wildman–Crippen LogP) is 2.23. The van der Waals surface area contributed by atoms with Crippen molar-refractivity contribution in [2.45, 2.75) is 39.3 Å². The summed E-state index contributed by atoms with van der Waals surface area (Å²) in [5.74, 6) is 1.82. The van der Waals surface area contributed by atoms with Crippen LogP contribution in [0, 0.1) is 0 Å². The number of nitrogens with one attached hydrogen (secondary N) is 2. The lowest BCUT2D eigenvalue weighted by atomic mass is 10.3. The van der Waals surface area contributed by atoms with Crippen molar-refractivity contribution in [3.63, 3.8) is 0 Å². The average molecular weight is 365 g/mol. The predicted molar refractivity (Wildman–Crippen MR) is 102 cm³/mol. The van der Waals surface area contributed by atoms with Gasteiger partial charge >= 0.3 is 0 Å². The number of hydrogen-bond donors (Lipinski definition) is 2. The molecular formula is C17H28N6OS. The fourth-order valence-corrected chi connectivity index (χ4v) is 3.13. The van der Waals surface area contributed by atoms with Crippen LogP contribution in [0.5, 0.6) is 0 Å². The highest BCUT2D eigenvalue weighted by Gasteiger charge is 2.09. The zero-order valence-electron chi connectivity index (χ0n) is 15.2. The maximum atomic E-state index is 5.09. The molecule has 0 bridgehead atoms. The summed E-state index contributed by atoms with van der Waals surface area (Å²) in [6.45, 7) is 7.25. The molecular weight excluding hydrogens is 336 g/mol. The first-order chi connectivity index (χ1) is 12.2. The quantitative estimate of drug-likeness (QED) is 0.384. The number of methoxy groups -OCH3 is 1. The molecule has 25 heavy (non-hydrogen) atoms. The first-order valence-electron chi connectivity index (χ1n) is 8.68. The number of ether oxygens (including phenoxy) is 1. The van der Waals surface area contributed by atoms with E-state index >= 15 is 0 Å². The molecule has 8 heteroatoms. The van der Waals surface area contributed by atoms with Crippen LogP contribution in [0.15, 0.2) is 28.8 Å². The summed E-state index contributed by atoms with van der Waals surface area (Å²) in [6.07, 6.45) is 3.56. The van der Waals surface area contributed by atoms with Gasteiger partial charge in [-0.2, -0.15) is 0 Å². The number of aromatic nitrogens is 3. The summed E-state index contributed by atoms with van der Waals surface area (Å²) in [5, 5.41) is 17.1. The van der Waals surface area contributed by atoms with Crippen molar-refractivity contribution in [2.24, 2.45) is 4.99 Å². The van der Waals surface area contributed by atoms with E-state index in [4.69, 9.17) is 4.74 Å². The molecule has 1 atom stereocenters. The molecule has 0 spiro atoms. The maximum absolute atomic E-state index is 5.09. The number of thiophene rings is 1. The molecule has 0 aliphatic heterocycles. The van der Waals surface area contributed by atoms with Crippen LogP contribution in [0.3, 0.4) is 0 Å². The van der Waals surface area contributed by atoms with Gasteiger partial charge in [-0.05, 0) is 24.8 Å². The summed E-state index contributed by atoms with van der Waals surface area (Å²) >= 11 is 1.75. The minimum absolute atomic E-state index is 0.217. The molecule has 2 heterocycles. The fourth-order valence-electron chi connectivity index (χ4n) is 2.40. The van der Waals surface area contributed by atoms with Crippen molar-refractivity contribution in [3.05, 3.63) is 34.5 Å². The topological polar surface area (TPSA) is 76.4 Å². The standard InChI is InChI=1S/C17H28N6OS/c1-4-16-22-20-13-23(16)10-9-19-17(18-8-6-11-24-3)21-14(2)15-7-5-12-25-15/h5,7,12-14H,4,6,8-11H2,1-3H3,(H2,18,19,21). The largest absolute Gasteiger partial charge is 0.385 e. The highest BCUT2D eigenvalue weighted by Crippen LogP contribution is 2.17. The van der Waals surface area contributed by atoms with Gasteiger partial charge in [-0.15, -0.1) is 21.5 Å². The van der Waals surface area contributed by atoms with E-state index in [9.17, 15) is 0 Å². The van der Waals surface area contributed by atoms with Gasteiger partial charge < -0.3 is 19.9 Å². The molecule has 0 aromatic carbocycles. The summed E-state index contributed by atoms with van der Waals surface area (Å²) < 4.78 is 7.16. The number of guanidine groups is 1. The number of nitrogens with zero attached hydrogens (tertiary/aromatic N) is 4. The second-order valence-corrected chi connectivity index (χ2v) is 6.66. The van der Waals surface area contributed by atoms with Gasteiger partial charge in [-0.3, -0.25) is 4.99 Å². The zero-order chi connectivity index (χ0) is 17.9. The van der Waals surface area contributed by atoms with Gasteiger partial charge in [0.1, 0.15) is 12.2 Å². The molecule has 7 nitrogen and oxygen atoms in total. The molecule has 0 radical (unpaired) electrons. The third-order valence-corrected chi connectivity index (χ3v) is 4.81. The molecule has 2 aromatic rings. The van der Waals surface area contributed by atoms with Gasteiger partial charge in [0.15, 0.2) is 5.96 Å². The molecule has 0 aliphatic rings. The molecule has 1 unspecified atom stereocenters. The summed E-state index contributed by atoms with van der Waals surface area (Å²) in [5.41, 5.74) is 0. The fraction of sp³-hybridized carbons (Fsp3) is 0.588. The van der Waals surface area contributed by atoms with Crippen LogP contribution in [0.25, 0.3) is 0 Å². The Bertz CT molecular complexity index is 625. The Morgan fingerprint density at radius 2 is 2.36 bits per heavy atom. The highest BCUT2D eigenvalue weighted by atomic mass is 32.1. The molecule has 0 aliphatic carbocycles. The Morgan fingerprint density at radius 1 is 1.48 bits per heavy atom. The Morgan fingerprint density at radius 3 is 3.08 bits per heavy atom. The average Bonchev–Trinajstić information content (AvgIpc) is 3.29. The van der Waals surface area contributed by atoms with Crippen molar-refractivity contribution in [3.8, 4) is 0 Å². The number of rotatable bonds is 10. The minimum Gasteiger partial charge on any atom is -0.385 e. The van der Waals surface area contributed by atoms with E-state index in [2.05, 4.69) is 61.8 Å². The SMILES string of the molecule is CCc1nncn1CCNC(=NCCCOC)NC(C)c1cccs1. The number of hydrogen-bond acceptors (Lipinski definition) is 5. The summed E-state index contributed by atoms with van der Waals surface area (Å²) in [6, 6.07) is 4.42. The molecule has 0 amide bonds. The van der Waals surface area contributed by atoms with Crippen molar-refractivity contribution in [1.29, 1.82) is 0 Å². The molecule has 2 aromatic heterocycles. The number of aryl methyl sites for hydroxylation is 1. The molecule has 0 saturated carbocycles. The zero-order valence-corrected chi connectivity index (χ0v) is 16.1. The van der Waals surface area contributed by atoms with Crippen LogP contribution in [0.4, 0.5) is 0 Å². The molecule has 0 fully saturated rings. The Labute approximate surface area is 153 Å². The lowest BCUT2D eigenvalue weighted by molar-refractivity contribution is 0.197. The van der Waals surface area contributed by atoms with Gasteiger partial charge in [0.25, 0.3) is 0 Å². The van der Waals surface area contributed by atoms with E-state index in [1.807, 2.05) is 0 Å². The van der Waals surface area contributed by atoms with Crippen molar-refractivity contribution >= 4 is 17.3 Å². The third kappa shape index (κ3) is 6.47. The van der Waals surface area contributed by atoms with Crippen LogP contribution in [-0.4, -0.2) is 47.5 Å². The molecule has 0 saturated heterocycles. The highest BCUT2D eigenvalue weighted by molar-refractivity contribution is 7.10. The van der Waals surface area contributed by atoms with E-state index in [1.54, 1.807) is 24.8 Å². The van der Waals surface area contributed by atoms with Gasteiger partial charge in [0.05, 0.1) is 6.04 Å². The minimum atomic E-state index is 0.217. The first kappa shape index (κ1) is 19.4. The van der Waals surface area contributed by atoms with Crippen LogP contribution < -0.4 is 10.6 Å². The smallest absolute Gasteiger partial charge is 0.191 e. The molecule has 138 valence electrons. The van der Waals surface area contributed by atoms with Crippen molar-refractivity contribution in [2.75, 3.05) is 26.8 Å². The maximum Gasteiger partial charge on any atom is 0.191 e. The molecule has 2 rings (SSSR count). The van der Waals surface area contributed by atoms with Crippen LogP contribution in [0.1, 0.15) is 37.0 Å². The van der Waals surface area contributed by atoms with E-state index in [0.29, 0.717) is 0 Å². The van der Waals surface area contributed by atoms with E-state index < -0.39 is 0 Å². The monoisotopic (exact) mass is 364 g/mol. The third-order valence-electron chi connectivity index (χ3n) is 3.76. The van der Waals surface area contributed by atoms with Gasteiger partial charge in [0.2, 0.25) is 0 Å². The normalized spacial score (nSPS) is 13.0. The van der Waals surface area contributed by atoms with E-state index in [-0.39, 0.29) is 6.04 Å². The lowest BCUT2D eigenvalue weighted by Crippen LogP contribution is -2.40. The van der Waals surface area contributed by atoms with Gasteiger partial charge in [-0.1, -0.05) is 13.0 Å². The summed E-state index contributed by atoms with van der Waals surface area (Å²) in [7, 11) is 1.71. The Hall–Kier alpha value is -1.93.